The maximum atomic E-state index is 10.7. The molecule has 0 aliphatic rings. The van der Waals surface area contributed by atoms with E-state index in [0.717, 1.165) is 0 Å². The molecular formula is C9H6ClN2NaO2. The second-order valence-corrected chi connectivity index (χ2v) is 3.30. The van der Waals surface area contributed by atoms with Crippen LogP contribution in [0.25, 0.3) is 11.0 Å². The van der Waals surface area contributed by atoms with E-state index in [1.54, 1.807) is 25.2 Å². The third kappa shape index (κ3) is 2.03. The SMILES string of the molecule is Cn1c(C(=O)[O-])nc2cccc(Cl)c21.[Na+]. The third-order valence-electron chi connectivity index (χ3n) is 2.03. The predicted molar refractivity (Wildman–Crippen MR) is 50.1 cm³/mol. The van der Waals surface area contributed by atoms with Crippen LogP contribution in [-0.2, 0) is 7.05 Å². The van der Waals surface area contributed by atoms with Crippen molar-refractivity contribution in [2.24, 2.45) is 7.05 Å². The van der Waals surface area contributed by atoms with Crippen LogP contribution in [-0.4, -0.2) is 15.5 Å². The van der Waals surface area contributed by atoms with Gasteiger partial charge in [-0.2, -0.15) is 0 Å². The van der Waals surface area contributed by atoms with E-state index in [2.05, 4.69) is 4.98 Å². The van der Waals surface area contributed by atoms with Crippen LogP contribution in [0, 0.1) is 0 Å². The Morgan fingerprint density at radius 3 is 2.73 bits per heavy atom. The Bertz CT molecular complexity index is 524. The molecule has 15 heavy (non-hydrogen) atoms. The average Bonchev–Trinajstić information content (AvgIpc) is 2.45. The second-order valence-electron chi connectivity index (χ2n) is 2.89. The van der Waals surface area contributed by atoms with Crippen molar-refractivity contribution in [1.82, 2.24) is 9.55 Å². The van der Waals surface area contributed by atoms with Gasteiger partial charge in [-0.3, -0.25) is 0 Å². The van der Waals surface area contributed by atoms with Crippen molar-refractivity contribution in [3.8, 4) is 0 Å². The van der Waals surface area contributed by atoms with Crippen molar-refractivity contribution in [2.45, 2.75) is 0 Å². The molecule has 2 rings (SSSR count). The number of aromatic carboxylic acids is 1. The Hall–Kier alpha value is -0.550. The minimum absolute atomic E-state index is 0. The number of imidazole rings is 1. The number of carbonyl (C=O) groups is 1. The molecule has 4 nitrogen and oxygen atoms in total. The molecule has 0 aliphatic carbocycles. The van der Waals surface area contributed by atoms with Crippen LogP contribution in [0.1, 0.15) is 10.6 Å². The normalized spacial score (nSPS) is 10.0. The van der Waals surface area contributed by atoms with E-state index in [-0.39, 0.29) is 35.4 Å². The van der Waals surface area contributed by atoms with Gasteiger partial charge < -0.3 is 14.5 Å². The molecule has 0 N–H and O–H groups in total. The zero-order valence-corrected chi connectivity index (χ0v) is 11.1. The molecule has 0 atom stereocenters. The van der Waals surface area contributed by atoms with E-state index >= 15 is 0 Å². The van der Waals surface area contributed by atoms with E-state index in [9.17, 15) is 9.90 Å². The van der Waals surface area contributed by atoms with E-state index in [1.807, 2.05) is 0 Å². The molecule has 0 spiro atoms. The molecule has 0 saturated heterocycles. The number of aryl methyl sites for hydroxylation is 1. The van der Waals surface area contributed by atoms with Gasteiger partial charge in [0.25, 0.3) is 0 Å². The van der Waals surface area contributed by atoms with Crippen molar-refractivity contribution in [2.75, 3.05) is 0 Å². The predicted octanol–water partition coefficient (Wildman–Crippen LogP) is -2.41. The molecule has 1 aromatic heterocycles. The first kappa shape index (κ1) is 12.5. The molecule has 0 saturated carbocycles. The maximum absolute atomic E-state index is 10.7. The molecule has 0 amide bonds. The summed E-state index contributed by atoms with van der Waals surface area (Å²) in [5.41, 5.74) is 1.16. The number of para-hydroxylation sites is 1. The van der Waals surface area contributed by atoms with Gasteiger partial charge in [0.05, 0.1) is 16.1 Å². The van der Waals surface area contributed by atoms with Gasteiger partial charge in [-0.15, -0.1) is 0 Å². The van der Waals surface area contributed by atoms with Crippen LogP contribution < -0.4 is 34.7 Å². The second kappa shape index (κ2) is 4.53. The van der Waals surface area contributed by atoms with Gasteiger partial charge >= 0.3 is 29.6 Å². The van der Waals surface area contributed by atoms with Crippen molar-refractivity contribution in [1.29, 1.82) is 0 Å². The number of fused-ring (bicyclic) bond motifs is 1. The summed E-state index contributed by atoms with van der Waals surface area (Å²) in [7, 11) is 1.59. The molecular weight excluding hydrogens is 227 g/mol. The first-order valence-electron chi connectivity index (χ1n) is 3.93. The summed E-state index contributed by atoms with van der Waals surface area (Å²) in [5, 5.41) is 11.1. The molecule has 1 aromatic carbocycles. The molecule has 0 aliphatic heterocycles. The summed E-state index contributed by atoms with van der Waals surface area (Å²) >= 11 is 5.91. The molecule has 72 valence electrons. The third-order valence-corrected chi connectivity index (χ3v) is 2.33. The van der Waals surface area contributed by atoms with Crippen LogP contribution in [0.4, 0.5) is 0 Å². The fraction of sp³-hybridized carbons (Fsp3) is 0.111. The molecule has 6 heteroatoms. The van der Waals surface area contributed by atoms with E-state index in [4.69, 9.17) is 11.6 Å². The largest absolute Gasteiger partial charge is 1.00 e. The van der Waals surface area contributed by atoms with Gasteiger partial charge in [0.2, 0.25) is 0 Å². The summed E-state index contributed by atoms with van der Waals surface area (Å²) in [4.78, 5) is 14.6. The fourth-order valence-corrected chi connectivity index (χ4v) is 1.70. The topological polar surface area (TPSA) is 58.0 Å². The quantitative estimate of drug-likeness (QED) is 0.515. The van der Waals surface area contributed by atoms with Crippen molar-refractivity contribution < 1.29 is 39.5 Å². The van der Waals surface area contributed by atoms with Crippen LogP contribution >= 0.6 is 11.6 Å². The number of aromatic nitrogens is 2. The van der Waals surface area contributed by atoms with E-state index < -0.39 is 5.97 Å². The van der Waals surface area contributed by atoms with Gasteiger partial charge in [0.15, 0.2) is 5.82 Å². The minimum atomic E-state index is -1.31. The fourth-order valence-electron chi connectivity index (χ4n) is 1.40. The summed E-state index contributed by atoms with van der Waals surface area (Å²) in [6.07, 6.45) is 0. The minimum Gasteiger partial charge on any atom is -0.542 e. The van der Waals surface area contributed by atoms with E-state index in [1.165, 1.54) is 4.57 Å². The number of carboxylic acid groups (broad SMARTS) is 1. The van der Waals surface area contributed by atoms with Gasteiger partial charge in [-0.05, 0) is 12.1 Å². The first-order chi connectivity index (χ1) is 6.61. The molecule has 0 bridgehead atoms. The van der Waals surface area contributed by atoms with E-state index in [0.29, 0.717) is 16.1 Å². The first-order valence-corrected chi connectivity index (χ1v) is 4.31. The summed E-state index contributed by atoms with van der Waals surface area (Å²) in [6.45, 7) is 0. The number of hydrogen-bond donors (Lipinski definition) is 0. The van der Waals surface area contributed by atoms with Crippen molar-refractivity contribution in [3.05, 3.63) is 29.0 Å². The number of halogens is 1. The monoisotopic (exact) mass is 232 g/mol. The van der Waals surface area contributed by atoms with Gasteiger partial charge in [-0.1, -0.05) is 17.7 Å². The molecule has 0 fully saturated rings. The number of hydrogen-bond acceptors (Lipinski definition) is 3. The zero-order valence-electron chi connectivity index (χ0n) is 8.32. The summed E-state index contributed by atoms with van der Waals surface area (Å²) in [5.74, 6) is -1.42. The van der Waals surface area contributed by atoms with Crippen LogP contribution in [0.2, 0.25) is 5.02 Å². The van der Waals surface area contributed by atoms with Crippen LogP contribution in [0.5, 0.6) is 0 Å². The Balaban J connectivity index is 0.00000112. The van der Waals surface area contributed by atoms with Gasteiger partial charge in [0.1, 0.15) is 5.97 Å². The average molecular weight is 233 g/mol. The number of rotatable bonds is 1. The Kier molecular flexibility index (Phi) is 3.78. The number of benzene rings is 1. The van der Waals surface area contributed by atoms with Crippen LogP contribution in [0.3, 0.4) is 0 Å². The summed E-state index contributed by atoms with van der Waals surface area (Å²) < 4.78 is 1.41. The number of nitrogens with zero attached hydrogens (tertiary/aromatic N) is 2. The van der Waals surface area contributed by atoms with Crippen molar-refractivity contribution >= 4 is 28.6 Å². The standard InChI is InChI=1S/C9H7ClN2O2.Na/c1-12-7-5(10)3-2-4-6(7)11-8(12)9(13)14;/h2-4H,1H3,(H,13,14);/q;+1/p-1. The zero-order chi connectivity index (χ0) is 10.3. The summed E-state index contributed by atoms with van der Waals surface area (Å²) in [6, 6.07) is 5.11. The number of carbonyl (C=O) groups excluding carboxylic acids is 1. The Labute approximate surface area is 113 Å². The van der Waals surface area contributed by atoms with Gasteiger partial charge in [-0.25, -0.2) is 4.98 Å². The molecule has 1 heterocycles. The van der Waals surface area contributed by atoms with Crippen LogP contribution in [0.15, 0.2) is 18.2 Å². The Morgan fingerprint density at radius 2 is 2.20 bits per heavy atom. The Morgan fingerprint density at radius 1 is 1.53 bits per heavy atom. The molecule has 0 unspecified atom stereocenters. The maximum Gasteiger partial charge on any atom is 1.00 e. The smallest absolute Gasteiger partial charge is 0.542 e. The molecule has 2 aromatic rings. The van der Waals surface area contributed by atoms with Crippen molar-refractivity contribution in [3.63, 3.8) is 0 Å². The molecule has 0 radical (unpaired) electrons. The van der Waals surface area contributed by atoms with Gasteiger partial charge in [0, 0.05) is 7.05 Å². The number of carboxylic acids is 1.